The van der Waals surface area contributed by atoms with E-state index in [4.69, 9.17) is 9.84 Å². The molecule has 1 aliphatic carbocycles. The third-order valence-corrected chi connectivity index (χ3v) is 4.40. The van der Waals surface area contributed by atoms with Crippen LogP contribution in [0.3, 0.4) is 0 Å². The number of hydrogen-bond donors (Lipinski definition) is 2. The minimum atomic E-state index is -3.58. The van der Waals surface area contributed by atoms with E-state index in [0.29, 0.717) is 18.0 Å². The number of aliphatic hydroxyl groups excluding tert-OH is 1. The van der Waals surface area contributed by atoms with Crippen molar-refractivity contribution >= 4 is 10.0 Å². The highest BCUT2D eigenvalue weighted by molar-refractivity contribution is 7.89. The van der Waals surface area contributed by atoms with Crippen molar-refractivity contribution in [3.63, 3.8) is 0 Å². The zero-order valence-corrected chi connectivity index (χ0v) is 11.0. The molecular formula is C12H17NO4S. The molecule has 0 radical (unpaired) electrons. The molecule has 6 heteroatoms. The molecule has 1 fully saturated rings. The fraction of sp³-hybridized carbons (Fsp3) is 0.500. The van der Waals surface area contributed by atoms with Gasteiger partial charge in [-0.1, -0.05) is 6.07 Å². The van der Waals surface area contributed by atoms with Gasteiger partial charge in [0.25, 0.3) is 0 Å². The van der Waals surface area contributed by atoms with Crippen molar-refractivity contribution in [2.75, 3.05) is 13.7 Å². The number of rotatable bonds is 6. The number of aliphatic hydroxyl groups is 1. The molecule has 0 saturated heterocycles. The third kappa shape index (κ3) is 3.01. The molecule has 2 rings (SSSR count). The Labute approximate surface area is 107 Å². The van der Waals surface area contributed by atoms with Crippen LogP contribution < -0.4 is 9.46 Å². The van der Waals surface area contributed by atoms with Crippen molar-refractivity contribution in [3.8, 4) is 5.75 Å². The van der Waals surface area contributed by atoms with Crippen LogP contribution in [0, 0.1) is 5.92 Å². The van der Waals surface area contributed by atoms with Gasteiger partial charge in [-0.25, -0.2) is 13.1 Å². The van der Waals surface area contributed by atoms with Gasteiger partial charge in [0, 0.05) is 6.54 Å². The summed E-state index contributed by atoms with van der Waals surface area (Å²) >= 11 is 0. The Balaban J connectivity index is 2.27. The van der Waals surface area contributed by atoms with Crippen molar-refractivity contribution in [2.45, 2.75) is 24.3 Å². The van der Waals surface area contributed by atoms with Gasteiger partial charge in [0.1, 0.15) is 10.6 Å². The van der Waals surface area contributed by atoms with Gasteiger partial charge in [0.2, 0.25) is 10.0 Å². The first-order valence-corrected chi connectivity index (χ1v) is 7.32. The maximum Gasteiger partial charge on any atom is 0.244 e. The maximum absolute atomic E-state index is 12.1. The summed E-state index contributed by atoms with van der Waals surface area (Å²) in [6.45, 7) is 0.268. The van der Waals surface area contributed by atoms with Crippen LogP contribution in [0.4, 0.5) is 0 Å². The van der Waals surface area contributed by atoms with Crippen LogP contribution in [-0.4, -0.2) is 27.2 Å². The molecule has 2 N–H and O–H groups in total. The molecule has 0 heterocycles. The zero-order chi connectivity index (χ0) is 13.2. The Bertz CT molecular complexity index is 523. The van der Waals surface area contributed by atoms with Crippen LogP contribution in [0.1, 0.15) is 18.4 Å². The molecule has 1 aromatic carbocycles. The largest absolute Gasteiger partial charge is 0.495 e. The molecule has 5 nitrogen and oxygen atoms in total. The van der Waals surface area contributed by atoms with Crippen LogP contribution in [0.5, 0.6) is 5.75 Å². The molecule has 0 unspecified atom stereocenters. The second kappa shape index (κ2) is 5.26. The summed E-state index contributed by atoms with van der Waals surface area (Å²) in [7, 11) is -2.15. The predicted molar refractivity (Wildman–Crippen MR) is 66.8 cm³/mol. The van der Waals surface area contributed by atoms with E-state index in [1.165, 1.54) is 13.2 Å². The van der Waals surface area contributed by atoms with Gasteiger partial charge < -0.3 is 9.84 Å². The number of methoxy groups -OCH3 is 1. The molecule has 18 heavy (non-hydrogen) atoms. The molecule has 0 bridgehead atoms. The Morgan fingerprint density at radius 2 is 2.17 bits per heavy atom. The molecular weight excluding hydrogens is 254 g/mol. The topological polar surface area (TPSA) is 75.6 Å². The standard InChI is InChI=1S/C12H17NO4S/c1-17-11-5-4-10(8-14)6-12(11)18(15,16)13-7-9-2-3-9/h4-6,9,13-14H,2-3,7-8H2,1H3. The highest BCUT2D eigenvalue weighted by atomic mass is 32.2. The molecule has 0 spiro atoms. The number of nitrogens with one attached hydrogen (secondary N) is 1. The van der Waals surface area contributed by atoms with Crippen LogP contribution in [-0.2, 0) is 16.6 Å². The quantitative estimate of drug-likeness (QED) is 0.805. The van der Waals surface area contributed by atoms with Crippen molar-refractivity contribution in [1.29, 1.82) is 0 Å². The lowest BCUT2D eigenvalue weighted by atomic mass is 10.2. The average molecular weight is 271 g/mol. The normalized spacial score (nSPS) is 15.7. The Morgan fingerprint density at radius 1 is 1.44 bits per heavy atom. The minimum Gasteiger partial charge on any atom is -0.495 e. The van der Waals surface area contributed by atoms with Crippen LogP contribution in [0.25, 0.3) is 0 Å². The fourth-order valence-corrected chi connectivity index (χ4v) is 2.99. The van der Waals surface area contributed by atoms with Gasteiger partial charge in [-0.2, -0.15) is 0 Å². The van der Waals surface area contributed by atoms with Crippen LogP contribution >= 0.6 is 0 Å². The Hall–Kier alpha value is -1.11. The lowest BCUT2D eigenvalue weighted by Gasteiger charge is -2.11. The molecule has 100 valence electrons. The second-order valence-corrected chi connectivity index (χ2v) is 6.17. The summed E-state index contributed by atoms with van der Waals surface area (Å²) in [6.07, 6.45) is 2.16. The van der Waals surface area contributed by atoms with E-state index in [1.807, 2.05) is 0 Å². The van der Waals surface area contributed by atoms with Gasteiger partial charge in [-0.3, -0.25) is 0 Å². The third-order valence-electron chi connectivity index (χ3n) is 2.96. The average Bonchev–Trinajstić information content (AvgIpc) is 3.19. The van der Waals surface area contributed by atoms with E-state index in [1.54, 1.807) is 12.1 Å². The van der Waals surface area contributed by atoms with Gasteiger partial charge in [-0.05, 0) is 36.5 Å². The van der Waals surface area contributed by atoms with E-state index in [0.717, 1.165) is 12.8 Å². The van der Waals surface area contributed by atoms with E-state index < -0.39 is 10.0 Å². The smallest absolute Gasteiger partial charge is 0.244 e. The lowest BCUT2D eigenvalue weighted by molar-refractivity contribution is 0.281. The monoisotopic (exact) mass is 271 g/mol. The zero-order valence-electron chi connectivity index (χ0n) is 10.2. The summed E-state index contributed by atoms with van der Waals surface area (Å²) in [4.78, 5) is 0.0807. The van der Waals surface area contributed by atoms with Crippen molar-refractivity contribution in [3.05, 3.63) is 23.8 Å². The second-order valence-electron chi connectivity index (χ2n) is 4.44. The first-order chi connectivity index (χ1) is 8.56. The van der Waals surface area contributed by atoms with Crippen molar-refractivity contribution < 1.29 is 18.3 Å². The summed E-state index contributed by atoms with van der Waals surface area (Å²) in [6, 6.07) is 4.63. The molecule has 1 aromatic rings. The highest BCUT2D eigenvalue weighted by Gasteiger charge is 2.26. The Morgan fingerprint density at radius 3 is 2.72 bits per heavy atom. The van der Waals surface area contributed by atoms with Crippen LogP contribution in [0.2, 0.25) is 0 Å². The van der Waals surface area contributed by atoms with Gasteiger partial charge in [0.05, 0.1) is 13.7 Å². The Kier molecular flexibility index (Phi) is 3.89. The predicted octanol–water partition coefficient (Wildman–Crippen LogP) is 0.876. The first-order valence-electron chi connectivity index (χ1n) is 5.84. The molecule has 0 amide bonds. The van der Waals surface area contributed by atoms with Gasteiger partial charge >= 0.3 is 0 Å². The summed E-state index contributed by atoms with van der Waals surface area (Å²) in [5, 5.41) is 9.06. The van der Waals surface area contributed by atoms with E-state index in [-0.39, 0.29) is 17.3 Å². The number of ether oxygens (including phenoxy) is 1. The number of hydrogen-bond acceptors (Lipinski definition) is 4. The van der Waals surface area contributed by atoms with Crippen molar-refractivity contribution in [2.24, 2.45) is 5.92 Å². The van der Waals surface area contributed by atoms with E-state index in [2.05, 4.69) is 4.72 Å². The van der Waals surface area contributed by atoms with E-state index >= 15 is 0 Å². The lowest BCUT2D eigenvalue weighted by Crippen LogP contribution is -2.26. The summed E-state index contributed by atoms with van der Waals surface area (Å²) in [5.41, 5.74) is 0.544. The number of sulfonamides is 1. The fourth-order valence-electron chi connectivity index (χ4n) is 1.66. The highest BCUT2D eigenvalue weighted by Crippen LogP contribution is 2.29. The van der Waals surface area contributed by atoms with E-state index in [9.17, 15) is 8.42 Å². The molecule has 1 aliphatic rings. The summed E-state index contributed by atoms with van der Waals surface area (Å²) < 4.78 is 31.9. The van der Waals surface area contributed by atoms with Gasteiger partial charge in [-0.15, -0.1) is 0 Å². The van der Waals surface area contributed by atoms with Crippen molar-refractivity contribution in [1.82, 2.24) is 4.72 Å². The van der Waals surface area contributed by atoms with Crippen LogP contribution in [0.15, 0.2) is 23.1 Å². The molecule has 0 aliphatic heterocycles. The van der Waals surface area contributed by atoms with Gasteiger partial charge in [0.15, 0.2) is 0 Å². The molecule has 1 saturated carbocycles. The SMILES string of the molecule is COc1ccc(CO)cc1S(=O)(=O)NCC1CC1. The molecule has 0 aromatic heterocycles. The maximum atomic E-state index is 12.1. The number of benzene rings is 1. The minimum absolute atomic E-state index is 0.0807. The first kappa shape index (κ1) is 13.3. The summed E-state index contributed by atoms with van der Waals surface area (Å²) in [5.74, 6) is 0.752. The molecule has 0 atom stereocenters.